The van der Waals surface area contributed by atoms with E-state index < -0.39 is 0 Å². The van der Waals surface area contributed by atoms with Crippen LogP contribution in [-0.2, 0) is 0 Å². The summed E-state index contributed by atoms with van der Waals surface area (Å²) in [5, 5.41) is 22.6. The number of thiophene rings is 1. The van der Waals surface area contributed by atoms with Crippen LogP contribution in [0.15, 0.2) is 66.0 Å². The second-order valence-corrected chi connectivity index (χ2v) is 10.5. The molecule has 1 saturated carbocycles. The van der Waals surface area contributed by atoms with Gasteiger partial charge in [-0.15, -0.1) is 11.3 Å². The van der Waals surface area contributed by atoms with Crippen LogP contribution < -0.4 is 4.74 Å². The summed E-state index contributed by atoms with van der Waals surface area (Å²) in [5.41, 5.74) is 2.79. The SMILES string of the molecule is O=C(c1ccc(OCCN2CC3CCC2C3)cc1)c1csc2cc(O)cc(-c3ccc(O)cc3)c12. The van der Waals surface area contributed by atoms with Crippen molar-refractivity contribution in [1.29, 1.82) is 0 Å². The largest absolute Gasteiger partial charge is 0.508 e. The fourth-order valence-corrected chi connectivity index (χ4v) is 6.62. The van der Waals surface area contributed by atoms with Crippen molar-refractivity contribution in [2.24, 2.45) is 5.92 Å². The van der Waals surface area contributed by atoms with E-state index in [0.29, 0.717) is 17.7 Å². The Bertz CT molecular complexity index is 1380. The molecule has 0 amide bonds. The molecule has 0 spiro atoms. The molecule has 5 nitrogen and oxygen atoms in total. The summed E-state index contributed by atoms with van der Waals surface area (Å²) in [7, 11) is 0. The molecule has 4 aromatic rings. The molecule has 2 unspecified atom stereocenters. The zero-order valence-corrected chi connectivity index (χ0v) is 20.1. The number of hydrogen-bond donors (Lipinski definition) is 2. The number of piperidine rings is 1. The molecule has 2 heterocycles. The normalized spacial score (nSPS) is 19.4. The Morgan fingerprint density at radius 3 is 2.51 bits per heavy atom. The molecule has 2 aliphatic rings. The van der Waals surface area contributed by atoms with Crippen molar-refractivity contribution in [1.82, 2.24) is 4.90 Å². The number of nitrogens with zero attached hydrogens (tertiary/aromatic N) is 1. The Labute approximate surface area is 208 Å². The summed E-state index contributed by atoms with van der Waals surface area (Å²) >= 11 is 1.43. The first kappa shape index (κ1) is 22.1. The van der Waals surface area contributed by atoms with Crippen LogP contribution in [0.25, 0.3) is 21.2 Å². The third kappa shape index (κ3) is 4.28. The van der Waals surface area contributed by atoms with Crippen LogP contribution in [0.5, 0.6) is 17.2 Å². The molecule has 2 atom stereocenters. The van der Waals surface area contributed by atoms with Crippen molar-refractivity contribution in [2.45, 2.75) is 25.3 Å². The van der Waals surface area contributed by atoms with Crippen molar-refractivity contribution >= 4 is 27.2 Å². The van der Waals surface area contributed by atoms with Crippen LogP contribution in [0.1, 0.15) is 35.2 Å². The summed E-state index contributed by atoms with van der Waals surface area (Å²) in [6.07, 6.45) is 4.06. The Morgan fingerprint density at radius 1 is 1.00 bits per heavy atom. The molecule has 2 bridgehead atoms. The minimum atomic E-state index is -0.0680. The number of ketones is 1. The Morgan fingerprint density at radius 2 is 1.80 bits per heavy atom. The summed E-state index contributed by atoms with van der Waals surface area (Å²) in [6, 6.07) is 18.2. The molecule has 6 heteroatoms. The maximum atomic E-state index is 13.5. The van der Waals surface area contributed by atoms with Crippen LogP contribution >= 0.6 is 11.3 Å². The highest BCUT2D eigenvalue weighted by Crippen LogP contribution is 2.40. The number of phenols is 2. The van der Waals surface area contributed by atoms with Crippen LogP contribution in [0, 0.1) is 5.92 Å². The molecule has 2 fully saturated rings. The Hall–Kier alpha value is -3.35. The zero-order chi connectivity index (χ0) is 23.9. The van der Waals surface area contributed by atoms with Gasteiger partial charge in [-0.1, -0.05) is 12.1 Å². The highest BCUT2D eigenvalue weighted by Gasteiger charge is 2.37. The molecular formula is C29H27NO4S. The molecule has 1 aromatic heterocycles. The highest BCUT2D eigenvalue weighted by molar-refractivity contribution is 7.17. The quantitative estimate of drug-likeness (QED) is 0.311. The van der Waals surface area contributed by atoms with Crippen molar-refractivity contribution in [3.05, 3.63) is 77.2 Å². The van der Waals surface area contributed by atoms with Crippen LogP contribution in [0.2, 0.25) is 0 Å². The van der Waals surface area contributed by atoms with Gasteiger partial charge in [0.2, 0.25) is 0 Å². The number of carbonyl (C=O) groups is 1. The van der Waals surface area contributed by atoms with Gasteiger partial charge < -0.3 is 14.9 Å². The second kappa shape index (κ2) is 9.02. The van der Waals surface area contributed by atoms with E-state index in [1.54, 1.807) is 36.4 Å². The minimum absolute atomic E-state index is 0.0680. The third-order valence-corrected chi connectivity index (χ3v) is 8.30. The second-order valence-electron chi connectivity index (χ2n) is 9.59. The summed E-state index contributed by atoms with van der Waals surface area (Å²) in [4.78, 5) is 16.0. The smallest absolute Gasteiger partial charge is 0.194 e. The number of benzene rings is 3. The molecule has 1 aliphatic heterocycles. The first-order valence-corrected chi connectivity index (χ1v) is 13.0. The van der Waals surface area contributed by atoms with Gasteiger partial charge in [-0.3, -0.25) is 9.69 Å². The number of carbonyl (C=O) groups excluding carboxylic acids is 1. The predicted molar refractivity (Wildman–Crippen MR) is 139 cm³/mol. The lowest BCUT2D eigenvalue weighted by Crippen LogP contribution is -2.35. The maximum Gasteiger partial charge on any atom is 0.194 e. The zero-order valence-electron chi connectivity index (χ0n) is 19.3. The number of aromatic hydroxyl groups is 2. The van der Waals surface area contributed by atoms with E-state index in [2.05, 4.69) is 4.90 Å². The predicted octanol–water partition coefficient (Wildman–Crippen LogP) is 6.07. The highest BCUT2D eigenvalue weighted by atomic mass is 32.1. The van der Waals surface area contributed by atoms with Gasteiger partial charge in [0.25, 0.3) is 0 Å². The molecule has 178 valence electrons. The van der Waals surface area contributed by atoms with Crippen LogP contribution in [0.3, 0.4) is 0 Å². The number of phenolic OH excluding ortho intramolecular Hbond substituents is 2. The number of hydrogen-bond acceptors (Lipinski definition) is 6. The Kier molecular flexibility index (Phi) is 5.71. The molecule has 1 aliphatic carbocycles. The van der Waals surface area contributed by atoms with Gasteiger partial charge in [0.1, 0.15) is 23.9 Å². The first-order chi connectivity index (χ1) is 17.0. The number of rotatable bonds is 7. The molecular weight excluding hydrogens is 458 g/mol. The van der Waals surface area contributed by atoms with Gasteiger partial charge in [0.15, 0.2) is 5.78 Å². The molecule has 3 aromatic carbocycles. The van der Waals surface area contributed by atoms with Gasteiger partial charge in [0.05, 0.1) is 0 Å². The van der Waals surface area contributed by atoms with Crippen LogP contribution in [0.4, 0.5) is 0 Å². The van der Waals surface area contributed by atoms with Gasteiger partial charge in [-0.2, -0.15) is 0 Å². The average molecular weight is 486 g/mol. The molecule has 0 radical (unpaired) electrons. The fraction of sp³-hybridized carbons (Fsp3) is 0.276. The van der Waals surface area contributed by atoms with Crippen molar-refractivity contribution in [2.75, 3.05) is 19.7 Å². The monoisotopic (exact) mass is 485 g/mol. The molecule has 6 rings (SSSR count). The summed E-state index contributed by atoms with van der Waals surface area (Å²) in [6.45, 7) is 2.82. The lowest BCUT2D eigenvalue weighted by molar-refractivity contribution is 0.104. The minimum Gasteiger partial charge on any atom is -0.508 e. The Balaban J connectivity index is 1.21. The van der Waals surface area contributed by atoms with E-state index in [9.17, 15) is 15.0 Å². The standard InChI is InChI=1S/C29H27NO4S/c31-22-7-2-19(3-8-22)25-14-23(32)15-27-28(25)26(17-35-27)29(33)20-4-9-24(10-5-20)34-12-11-30-16-18-1-6-21(30)13-18/h2-5,7-10,14-15,17-18,21,31-32H,1,6,11-13,16H2. The van der Waals surface area contributed by atoms with Crippen molar-refractivity contribution < 1.29 is 19.7 Å². The van der Waals surface area contributed by atoms with Crippen molar-refractivity contribution in [3.63, 3.8) is 0 Å². The summed E-state index contributed by atoms with van der Waals surface area (Å²) < 4.78 is 6.81. The number of fused-ring (bicyclic) bond motifs is 3. The number of likely N-dealkylation sites (tertiary alicyclic amines) is 1. The van der Waals surface area contributed by atoms with E-state index in [1.165, 1.54) is 37.1 Å². The lowest BCUT2D eigenvalue weighted by Gasteiger charge is -2.26. The van der Waals surface area contributed by atoms with E-state index >= 15 is 0 Å². The third-order valence-electron chi connectivity index (χ3n) is 7.37. The fourth-order valence-electron chi connectivity index (χ4n) is 5.63. The van der Waals surface area contributed by atoms with E-state index in [0.717, 1.165) is 45.5 Å². The summed E-state index contributed by atoms with van der Waals surface area (Å²) in [5.74, 6) is 1.90. The van der Waals surface area contributed by atoms with E-state index in [4.69, 9.17) is 4.74 Å². The van der Waals surface area contributed by atoms with Gasteiger partial charge in [-0.05, 0) is 84.8 Å². The molecule has 1 saturated heterocycles. The lowest BCUT2D eigenvalue weighted by atomic mass is 9.95. The molecule has 35 heavy (non-hydrogen) atoms. The first-order valence-electron chi connectivity index (χ1n) is 12.1. The molecule has 2 N–H and O–H groups in total. The van der Waals surface area contributed by atoms with Crippen LogP contribution in [-0.4, -0.2) is 46.6 Å². The van der Waals surface area contributed by atoms with Gasteiger partial charge in [-0.25, -0.2) is 0 Å². The average Bonchev–Trinajstić information content (AvgIpc) is 3.60. The van der Waals surface area contributed by atoms with Crippen molar-refractivity contribution in [3.8, 4) is 28.4 Å². The van der Waals surface area contributed by atoms with E-state index in [1.807, 2.05) is 29.6 Å². The maximum absolute atomic E-state index is 13.5. The van der Waals surface area contributed by atoms with Gasteiger partial charge >= 0.3 is 0 Å². The van der Waals surface area contributed by atoms with E-state index in [-0.39, 0.29) is 17.3 Å². The van der Waals surface area contributed by atoms with Gasteiger partial charge in [0, 0.05) is 45.7 Å². The topological polar surface area (TPSA) is 70.0 Å². The number of ether oxygens (including phenoxy) is 1.